The average Bonchev–Trinajstić information content (AvgIpc) is 2.32. The van der Waals surface area contributed by atoms with Crippen LogP contribution in [0.3, 0.4) is 0 Å². The lowest BCUT2D eigenvalue weighted by atomic mass is 10.1. The Morgan fingerprint density at radius 1 is 1.45 bits per heavy atom. The van der Waals surface area contributed by atoms with Gasteiger partial charge in [-0.2, -0.15) is 0 Å². The lowest BCUT2D eigenvalue weighted by Gasteiger charge is -2.12. The van der Waals surface area contributed by atoms with E-state index < -0.39 is 0 Å². The van der Waals surface area contributed by atoms with E-state index in [1.807, 2.05) is 0 Å². The Morgan fingerprint density at radius 3 is 2.64 bits per heavy atom. The zero-order valence-electron chi connectivity index (χ0n) is 7.03. The zero-order valence-corrected chi connectivity index (χ0v) is 7.03. The molecule has 0 saturated carbocycles. The molecular weight excluding hydrogens is 142 g/mol. The third-order valence-electron chi connectivity index (χ3n) is 2.26. The molecule has 3 nitrogen and oxygen atoms in total. The molecule has 1 heterocycles. The highest BCUT2D eigenvalue weighted by Crippen LogP contribution is 2.15. The van der Waals surface area contributed by atoms with E-state index in [9.17, 15) is 5.11 Å². The predicted octanol–water partition coefficient (Wildman–Crippen LogP) is -0.319. The molecule has 2 N–H and O–H groups in total. The van der Waals surface area contributed by atoms with Crippen LogP contribution in [-0.4, -0.2) is 47.5 Å². The Morgan fingerprint density at radius 2 is 2.18 bits per heavy atom. The molecule has 0 unspecified atom stereocenters. The average molecular weight is 159 g/mol. The van der Waals surface area contributed by atoms with Crippen LogP contribution >= 0.6 is 0 Å². The first-order chi connectivity index (χ1) is 5.27. The summed E-state index contributed by atoms with van der Waals surface area (Å²) in [6.45, 7) is 4.86. The van der Waals surface area contributed by atoms with Gasteiger partial charge in [-0.05, 0) is 13.0 Å². The standard InChI is InChI=1S/C8H17NO2/c1-2-3-9-4-7(6-10)8(11)5-9/h7-8,10-11H,2-6H2,1H3/t7-,8-/m0/s1. The molecule has 0 bridgehead atoms. The van der Waals surface area contributed by atoms with Gasteiger partial charge < -0.3 is 15.1 Å². The molecule has 1 aliphatic rings. The fourth-order valence-corrected chi connectivity index (χ4v) is 1.62. The third-order valence-corrected chi connectivity index (χ3v) is 2.26. The molecule has 0 amide bonds. The van der Waals surface area contributed by atoms with Gasteiger partial charge in [-0.3, -0.25) is 0 Å². The summed E-state index contributed by atoms with van der Waals surface area (Å²) in [4.78, 5) is 2.20. The van der Waals surface area contributed by atoms with E-state index >= 15 is 0 Å². The molecular formula is C8H17NO2. The van der Waals surface area contributed by atoms with Crippen LogP contribution in [0.2, 0.25) is 0 Å². The van der Waals surface area contributed by atoms with Gasteiger partial charge in [0.2, 0.25) is 0 Å². The normalized spacial score (nSPS) is 33.0. The maximum atomic E-state index is 9.38. The Kier molecular flexibility index (Phi) is 3.30. The summed E-state index contributed by atoms with van der Waals surface area (Å²) in [6, 6.07) is 0. The molecule has 0 aromatic rings. The molecule has 1 rings (SSSR count). The summed E-state index contributed by atoms with van der Waals surface area (Å²) in [6.07, 6.45) is 0.803. The number of rotatable bonds is 3. The van der Waals surface area contributed by atoms with Gasteiger partial charge in [0.15, 0.2) is 0 Å². The Balaban J connectivity index is 2.30. The fourth-order valence-electron chi connectivity index (χ4n) is 1.62. The SMILES string of the molecule is CCCN1C[C@@H](CO)[C@@H](O)C1. The first-order valence-corrected chi connectivity index (χ1v) is 4.29. The molecule has 0 aromatic carbocycles. The van der Waals surface area contributed by atoms with E-state index in [0.29, 0.717) is 0 Å². The molecule has 0 aliphatic carbocycles. The predicted molar refractivity (Wildman–Crippen MR) is 43.3 cm³/mol. The van der Waals surface area contributed by atoms with Gasteiger partial charge in [0.05, 0.1) is 6.10 Å². The largest absolute Gasteiger partial charge is 0.396 e. The molecule has 0 radical (unpaired) electrons. The minimum Gasteiger partial charge on any atom is -0.396 e. The van der Waals surface area contributed by atoms with Crippen molar-refractivity contribution in [3.05, 3.63) is 0 Å². The van der Waals surface area contributed by atoms with Gasteiger partial charge in [0, 0.05) is 25.6 Å². The summed E-state index contributed by atoms with van der Waals surface area (Å²) in [5.74, 6) is 0.0848. The van der Waals surface area contributed by atoms with Gasteiger partial charge in [-0.15, -0.1) is 0 Å². The lowest BCUT2D eigenvalue weighted by Crippen LogP contribution is -2.22. The number of β-amino-alcohol motifs (C(OH)–C–C–N with tert-alkyl or cyclic N) is 1. The molecule has 66 valence electrons. The summed E-state index contributed by atoms with van der Waals surface area (Å²) >= 11 is 0. The van der Waals surface area contributed by atoms with Gasteiger partial charge in [0.25, 0.3) is 0 Å². The molecule has 1 saturated heterocycles. The smallest absolute Gasteiger partial charge is 0.0729 e. The van der Waals surface area contributed by atoms with Crippen LogP contribution < -0.4 is 0 Å². The highest BCUT2D eigenvalue weighted by Gasteiger charge is 2.29. The summed E-state index contributed by atoms with van der Waals surface area (Å²) in [5, 5.41) is 18.2. The number of likely N-dealkylation sites (tertiary alicyclic amines) is 1. The number of hydrogen-bond acceptors (Lipinski definition) is 3. The monoisotopic (exact) mass is 159 g/mol. The molecule has 1 aliphatic heterocycles. The van der Waals surface area contributed by atoms with E-state index in [4.69, 9.17) is 5.11 Å². The lowest BCUT2D eigenvalue weighted by molar-refractivity contribution is 0.103. The van der Waals surface area contributed by atoms with Crippen molar-refractivity contribution in [3.63, 3.8) is 0 Å². The summed E-state index contributed by atoms with van der Waals surface area (Å²) < 4.78 is 0. The van der Waals surface area contributed by atoms with Crippen molar-refractivity contribution in [1.29, 1.82) is 0 Å². The number of nitrogens with zero attached hydrogens (tertiary/aromatic N) is 1. The molecule has 11 heavy (non-hydrogen) atoms. The van der Waals surface area contributed by atoms with Crippen LogP contribution in [-0.2, 0) is 0 Å². The van der Waals surface area contributed by atoms with Crippen molar-refractivity contribution in [1.82, 2.24) is 4.90 Å². The second-order valence-corrected chi connectivity index (χ2v) is 3.27. The van der Waals surface area contributed by atoms with E-state index in [-0.39, 0.29) is 18.6 Å². The first-order valence-electron chi connectivity index (χ1n) is 4.29. The zero-order chi connectivity index (χ0) is 8.27. The highest BCUT2D eigenvalue weighted by molar-refractivity contribution is 4.82. The van der Waals surface area contributed by atoms with Gasteiger partial charge in [-0.25, -0.2) is 0 Å². The van der Waals surface area contributed by atoms with Gasteiger partial charge >= 0.3 is 0 Å². The topological polar surface area (TPSA) is 43.7 Å². The second kappa shape index (κ2) is 4.04. The second-order valence-electron chi connectivity index (χ2n) is 3.27. The van der Waals surface area contributed by atoms with Crippen molar-refractivity contribution in [3.8, 4) is 0 Å². The van der Waals surface area contributed by atoms with Crippen LogP contribution in [0.25, 0.3) is 0 Å². The minimum atomic E-state index is -0.313. The Bertz CT molecular complexity index is 119. The fraction of sp³-hybridized carbons (Fsp3) is 1.00. The van der Waals surface area contributed by atoms with Crippen LogP contribution in [0.4, 0.5) is 0 Å². The van der Waals surface area contributed by atoms with Crippen molar-refractivity contribution in [2.75, 3.05) is 26.2 Å². The van der Waals surface area contributed by atoms with E-state index in [1.54, 1.807) is 0 Å². The van der Waals surface area contributed by atoms with Gasteiger partial charge in [-0.1, -0.05) is 6.92 Å². The molecule has 3 heteroatoms. The Labute approximate surface area is 67.6 Å². The van der Waals surface area contributed by atoms with Gasteiger partial charge in [0.1, 0.15) is 0 Å². The van der Waals surface area contributed by atoms with Crippen molar-refractivity contribution >= 4 is 0 Å². The highest BCUT2D eigenvalue weighted by atomic mass is 16.3. The first kappa shape index (κ1) is 8.97. The summed E-state index contributed by atoms with van der Waals surface area (Å²) in [5.41, 5.74) is 0. The molecule has 0 aromatic heterocycles. The van der Waals surface area contributed by atoms with Crippen LogP contribution in [0, 0.1) is 5.92 Å². The number of aliphatic hydroxyl groups excluding tert-OH is 2. The number of hydrogen-bond donors (Lipinski definition) is 2. The number of aliphatic hydroxyl groups is 2. The maximum Gasteiger partial charge on any atom is 0.0729 e. The molecule has 0 spiro atoms. The summed E-state index contributed by atoms with van der Waals surface area (Å²) in [7, 11) is 0. The van der Waals surface area contributed by atoms with E-state index in [0.717, 1.165) is 26.1 Å². The van der Waals surface area contributed by atoms with Crippen molar-refractivity contribution < 1.29 is 10.2 Å². The quantitative estimate of drug-likeness (QED) is 0.593. The van der Waals surface area contributed by atoms with E-state index in [1.165, 1.54) is 0 Å². The van der Waals surface area contributed by atoms with Crippen LogP contribution in [0.15, 0.2) is 0 Å². The van der Waals surface area contributed by atoms with Crippen LogP contribution in [0.1, 0.15) is 13.3 Å². The molecule has 2 atom stereocenters. The van der Waals surface area contributed by atoms with Crippen LogP contribution in [0.5, 0.6) is 0 Å². The molecule has 1 fully saturated rings. The Hall–Kier alpha value is -0.120. The maximum absolute atomic E-state index is 9.38. The van der Waals surface area contributed by atoms with Crippen molar-refractivity contribution in [2.45, 2.75) is 19.4 Å². The van der Waals surface area contributed by atoms with Crippen molar-refractivity contribution in [2.24, 2.45) is 5.92 Å². The van der Waals surface area contributed by atoms with E-state index in [2.05, 4.69) is 11.8 Å². The third kappa shape index (κ3) is 2.15. The minimum absolute atomic E-state index is 0.0848.